The molecule has 0 radical (unpaired) electrons. The first kappa shape index (κ1) is 17.1. The van der Waals surface area contributed by atoms with E-state index in [1.54, 1.807) is 13.3 Å². The summed E-state index contributed by atoms with van der Waals surface area (Å²) in [6.45, 7) is 8.39. The van der Waals surface area contributed by atoms with E-state index in [9.17, 15) is 5.21 Å². The van der Waals surface area contributed by atoms with E-state index in [2.05, 4.69) is 0 Å². The summed E-state index contributed by atoms with van der Waals surface area (Å²) < 4.78 is 12.6. The molecule has 1 heterocycles. The second-order valence-corrected chi connectivity index (χ2v) is 6.37. The highest BCUT2D eigenvalue weighted by molar-refractivity contribution is 5.92. The van der Waals surface area contributed by atoms with Gasteiger partial charge in [-0.05, 0) is 49.9 Å². The molecule has 3 rings (SSSR count). The van der Waals surface area contributed by atoms with Gasteiger partial charge in [-0.1, -0.05) is 30.3 Å². The Morgan fingerprint density at radius 3 is 2.24 bits per heavy atom. The molecule has 1 aromatic heterocycles. The van der Waals surface area contributed by atoms with Crippen molar-refractivity contribution < 1.29 is 14.2 Å². The van der Waals surface area contributed by atoms with Crippen LogP contribution in [-0.4, -0.2) is 7.11 Å². The number of aromatic nitrogens is 1. The maximum atomic E-state index is 12.7. The summed E-state index contributed by atoms with van der Waals surface area (Å²) in [5.41, 5.74) is 5.66. The van der Waals surface area contributed by atoms with Crippen LogP contribution in [0, 0.1) is 32.9 Å². The van der Waals surface area contributed by atoms with Crippen molar-refractivity contribution in [1.29, 1.82) is 0 Å². The van der Waals surface area contributed by atoms with Crippen LogP contribution in [0.2, 0.25) is 0 Å². The second-order valence-electron chi connectivity index (χ2n) is 6.37. The Labute approximate surface area is 148 Å². The SMILES string of the molecule is COc1c(C)c(C)c2c(C)c(C)c[n+]([O-])c2c1OCc1ccccc1. The third-order valence-corrected chi connectivity index (χ3v) is 4.86. The van der Waals surface area contributed by atoms with Gasteiger partial charge in [0.05, 0.1) is 12.5 Å². The summed E-state index contributed by atoms with van der Waals surface area (Å²) >= 11 is 0. The maximum absolute atomic E-state index is 12.7. The average molecular weight is 337 g/mol. The first-order valence-corrected chi connectivity index (χ1v) is 8.32. The molecule has 2 aromatic carbocycles. The lowest BCUT2D eigenvalue weighted by Gasteiger charge is -2.19. The highest BCUT2D eigenvalue weighted by Crippen LogP contribution is 2.41. The van der Waals surface area contributed by atoms with E-state index in [1.807, 2.05) is 58.0 Å². The van der Waals surface area contributed by atoms with Crippen molar-refractivity contribution in [3.05, 3.63) is 69.6 Å². The van der Waals surface area contributed by atoms with E-state index >= 15 is 0 Å². The van der Waals surface area contributed by atoms with Gasteiger partial charge in [0.25, 0.3) is 5.52 Å². The number of hydrogen-bond acceptors (Lipinski definition) is 3. The van der Waals surface area contributed by atoms with E-state index in [-0.39, 0.29) is 0 Å². The Hall–Kier alpha value is -2.75. The molecule has 130 valence electrons. The molecule has 0 aliphatic carbocycles. The molecule has 0 saturated heterocycles. The average Bonchev–Trinajstić information content (AvgIpc) is 2.61. The van der Waals surface area contributed by atoms with Gasteiger partial charge >= 0.3 is 0 Å². The van der Waals surface area contributed by atoms with E-state index in [0.29, 0.717) is 23.6 Å². The van der Waals surface area contributed by atoms with Crippen LogP contribution in [0.15, 0.2) is 36.5 Å². The van der Waals surface area contributed by atoms with Crippen molar-refractivity contribution in [1.82, 2.24) is 0 Å². The van der Waals surface area contributed by atoms with E-state index < -0.39 is 0 Å². The molecular formula is C21H23NO3. The molecular weight excluding hydrogens is 314 g/mol. The van der Waals surface area contributed by atoms with Crippen LogP contribution in [0.4, 0.5) is 0 Å². The second kappa shape index (κ2) is 6.63. The zero-order chi connectivity index (χ0) is 18.1. The smallest absolute Gasteiger partial charge is 0.270 e. The minimum absolute atomic E-state index is 0.377. The maximum Gasteiger partial charge on any atom is 0.270 e. The lowest BCUT2D eigenvalue weighted by Crippen LogP contribution is -2.29. The van der Waals surface area contributed by atoms with Gasteiger partial charge in [0.2, 0.25) is 5.75 Å². The first-order valence-electron chi connectivity index (χ1n) is 8.32. The Balaban J connectivity index is 2.25. The van der Waals surface area contributed by atoms with Gasteiger partial charge < -0.3 is 14.7 Å². The Morgan fingerprint density at radius 1 is 0.920 bits per heavy atom. The van der Waals surface area contributed by atoms with Crippen molar-refractivity contribution in [2.24, 2.45) is 0 Å². The van der Waals surface area contributed by atoms with Crippen LogP contribution < -0.4 is 14.2 Å². The number of fused-ring (bicyclic) bond motifs is 1. The zero-order valence-electron chi connectivity index (χ0n) is 15.3. The predicted octanol–water partition coefficient (Wildman–Crippen LogP) is 4.29. The molecule has 0 amide bonds. The molecule has 0 spiro atoms. The standard InChI is InChI=1S/C21H23NO3/c1-13-11-22(23)19-18(14(13)2)15(3)16(4)20(24-5)21(19)25-12-17-9-7-6-8-10-17/h6-11H,12H2,1-5H3. The highest BCUT2D eigenvalue weighted by Gasteiger charge is 2.25. The van der Waals surface area contributed by atoms with Gasteiger partial charge in [-0.25, -0.2) is 0 Å². The largest absolute Gasteiger partial charge is 0.618 e. The lowest BCUT2D eigenvalue weighted by molar-refractivity contribution is -0.577. The molecule has 0 bridgehead atoms. The molecule has 0 unspecified atom stereocenters. The van der Waals surface area contributed by atoms with Gasteiger partial charge in [-0.15, -0.1) is 0 Å². The van der Waals surface area contributed by atoms with Crippen LogP contribution in [0.5, 0.6) is 11.5 Å². The molecule has 0 atom stereocenters. The summed E-state index contributed by atoms with van der Waals surface area (Å²) in [5, 5.41) is 13.6. The van der Waals surface area contributed by atoms with E-state index in [0.717, 1.165) is 37.9 Å². The monoisotopic (exact) mass is 337 g/mol. The van der Waals surface area contributed by atoms with E-state index in [1.165, 1.54) is 0 Å². The fraction of sp³-hybridized carbons (Fsp3) is 0.286. The summed E-state index contributed by atoms with van der Waals surface area (Å²) in [6, 6.07) is 9.89. The van der Waals surface area contributed by atoms with Crippen molar-refractivity contribution in [2.75, 3.05) is 7.11 Å². The molecule has 0 aliphatic heterocycles. The fourth-order valence-electron chi connectivity index (χ4n) is 3.24. The number of benzene rings is 2. The van der Waals surface area contributed by atoms with Crippen LogP contribution in [0.3, 0.4) is 0 Å². The summed E-state index contributed by atoms with van der Waals surface area (Å²) in [7, 11) is 1.61. The third-order valence-electron chi connectivity index (χ3n) is 4.86. The van der Waals surface area contributed by atoms with Crippen LogP contribution in [-0.2, 0) is 6.61 Å². The van der Waals surface area contributed by atoms with Crippen molar-refractivity contribution in [3.8, 4) is 11.5 Å². The minimum Gasteiger partial charge on any atom is -0.618 e. The number of pyridine rings is 1. The zero-order valence-corrected chi connectivity index (χ0v) is 15.3. The van der Waals surface area contributed by atoms with Gasteiger partial charge in [0, 0.05) is 5.56 Å². The van der Waals surface area contributed by atoms with E-state index in [4.69, 9.17) is 9.47 Å². The number of aryl methyl sites for hydroxylation is 3. The van der Waals surface area contributed by atoms with Crippen molar-refractivity contribution in [2.45, 2.75) is 34.3 Å². The number of methoxy groups -OCH3 is 1. The quantitative estimate of drug-likeness (QED) is 0.527. The molecule has 0 fully saturated rings. The molecule has 3 aromatic rings. The van der Waals surface area contributed by atoms with Crippen LogP contribution >= 0.6 is 0 Å². The number of hydrogen-bond donors (Lipinski definition) is 0. The first-order chi connectivity index (χ1) is 12.0. The van der Waals surface area contributed by atoms with Crippen LogP contribution in [0.1, 0.15) is 27.8 Å². The van der Waals surface area contributed by atoms with Gasteiger partial charge in [-0.2, -0.15) is 4.73 Å². The Morgan fingerprint density at radius 2 is 1.60 bits per heavy atom. The van der Waals surface area contributed by atoms with Crippen molar-refractivity contribution >= 4 is 10.9 Å². The van der Waals surface area contributed by atoms with Gasteiger partial charge in [0.15, 0.2) is 11.9 Å². The summed E-state index contributed by atoms with van der Waals surface area (Å²) in [5.74, 6) is 1.12. The molecule has 4 heteroatoms. The Kier molecular flexibility index (Phi) is 4.53. The van der Waals surface area contributed by atoms with Gasteiger partial charge in [-0.3, -0.25) is 0 Å². The lowest BCUT2D eigenvalue weighted by atomic mass is 9.96. The number of nitrogens with zero attached hydrogens (tertiary/aromatic N) is 1. The summed E-state index contributed by atoms with van der Waals surface area (Å²) in [6.07, 6.45) is 1.60. The normalized spacial score (nSPS) is 10.9. The topological polar surface area (TPSA) is 45.4 Å². The summed E-state index contributed by atoms with van der Waals surface area (Å²) in [4.78, 5) is 0. The fourth-order valence-corrected chi connectivity index (χ4v) is 3.24. The molecule has 4 nitrogen and oxygen atoms in total. The molecule has 0 aliphatic rings. The third kappa shape index (κ3) is 2.88. The number of ether oxygens (including phenoxy) is 2. The van der Waals surface area contributed by atoms with Crippen LogP contribution in [0.25, 0.3) is 10.9 Å². The number of rotatable bonds is 4. The van der Waals surface area contributed by atoms with Crippen molar-refractivity contribution in [3.63, 3.8) is 0 Å². The predicted molar refractivity (Wildman–Crippen MR) is 99.2 cm³/mol. The van der Waals surface area contributed by atoms with Gasteiger partial charge in [0.1, 0.15) is 6.61 Å². The Bertz CT molecular complexity index is 934. The molecule has 0 saturated carbocycles. The molecule has 25 heavy (non-hydrogen) atoms. The highest BCUT2D eigenvalue weighted by atomic mass is 16.5. The minimum atomic E-state index is 0.377. The molecule has 0 N–H and O–H groups in total.